The minimum atomic E-state index is -1.59. The third-order valence-corrected chi connectivity index (χ3v) is 4.35. The van der Waals surface area contributed by atoms with E-state index in [9.17, 15) is 4.79 Å². The molecule has 0 radical (unpaired) electrons. The molecule has 13 heavy (non-hydrogen) atoms. The van der Waals surface area contributed by atoms with Crippen LogP contribution in [0.4, 0.5) is 0 Å². The van der Waals surface area contributed by atoms with Gasteiger partial charge in [-0.15, -0.1) is 0 Å². The van der Waals surface area contributed by atoms with Gasteiger partial charge in [0.2, 0.25) is 0 Å². The Bertz CT molecular complexity index is 199. The lowest BCUT2D eigenvalue weighted by Gasteiger charge is -2.19. The molecular weight excluding hydrogens is 184 g/mol. The van der Waals surface area contributed by atoms with E-state index in [-0.39, 0.29) is 5.97 Å². The van der Waals surface area contributed by atoms with Crippen LogP contribution < -0.4 is 0 Å². The van der Waals surface area contributed by atoms with Crippen LogP contribution in [-0.2, 0) is 14.0 Å². The highest BCUT2D eigenvalue weighted by Gasteiger charge is 2.20. The molecule has 0 unspecified atom stereocenters. The van der Waals surface area contributed by atoms with Crippen LogP contribution in [0.2, 0.25) is 19.1 Å². The zero-order valence-electron chi connectivity index (χ0n) is 8.85. The van der Waals surface area contributed by atoms with Crippen LogP contribution in [-0.4, -0.2) is 28.0 Å². The van der Waals surface area contributed by atoms with Crippen molar-refractivity contribution < 1.29 is 14.0 Å². The maximum atomic E-state index is 11.0. The molecule has 3 nitrogen and oxygen atoms in total. The van der Waals surface area contributed by atoms with Gasteiger partial charge in [-0.2, -0.15) is 0 Å². The first kappa shape index (κ1) is 12.4. The smallest absolute Gasteiger partial charge is 0.333 e. The average molecular weight is 202 g/mol. The molecule has 76 valence electrons. The van der Waals surface area contributed by atoms with Gasteiger partial charge in [-0.1, -0.05) is 6.58 Å². The lowest BCUT2D eigenvalue weighted by molar-refractivity contribution is -0.138. The van der Waals surface area contributed by atoms with Crippen LogP contribution in [0, 0.1) is 0 Å². The van der Waals surface area contributed by atoms with Crippen molar-refractivity contribution >= 4 is 14.3 Å². The van der Waals surface area contributed by atoms with Crippen LogP contribution in [0.15, 0.2) is 12.2 Å². The molecular formula is C9H18O3Si. The number of rotatable bonds is 5. The molecule has 0 aromatic rings. The molecule has 0 saturated carbocycles. The molecule has 0 amide bonds. The predicted molar refractivity (Wildman–Crippen MR) is 55.1 cm³/mol. The van der Waals surface area contributed by atoms with Gasteiger partial charge < -0.3 is 9.16 Å². The van der Waals surface area contributed by atoms with Gasteiger partial charge >= 0.3 is 5.97 Å². The topological polar surface area (TPSA) is 35.5 Å². The SMILES string of the molecule is C=C(C)C(=O)OCC[Si](C)(C)OC. The van der Waals surface area contributed by atoms with Gasteiger partial charge in [0.1, 0.15) is 0 Å². The van der Waals surface area contributed by atoms with Crippen LogP contribution in [0.3, 0.4) is 0 Å². The summed E-state index contributed by atoms with van der Waals surface area (Å²) in [4.78, 5) is 11.0. The fourth-order valence-corrected chi connectivity index (χ4v) is 1.41. The van der Waals surface area contributed by atoms with Crippen molar-refractivity contribution in [1.29, 1.82) is 0 Å². The zero-order chi connectivity index (χ0) is 10.5. The Hall–Kier alpha value is -0.613. The summed E-state index contributed by atoms with van der Waals surface area (Å²) < 4.78 is 10.3. The third kappa shape index (κ3) is 5.60. The highest BCUT2D eigenvalue weighted by molar-refractivity contribution is 6.71. The Labute approximate surface area is 80.9 Å². The van der Waals surface area contributed by atoms with E-state index in [1.807, 2.05) is 0 Å². The quantitative estimate of drug-likeness (QED) is 0.388. The van der Waals surface area contributed by atoms with Gasteiger partial charge in [-0.3, -0.25) is 0 Å². The standard InChI is InChI=1S/C9H18O3Si/c1-8(2)9(10)12-6-7-13(4,5)11-3/h1,6-7H2,2-5H3. The number of hydrogen-bond donors (Lipinski definition) is 0. The van der Waals surface area contributed by atoms with E-state index < -0.39 is 8.32 Å². The number of carbonyl (C=O) groups excluding carboxylic acids is 1. The normalized spacial score (nSPS) is 11.1. The molecule has 0 aromatic carbocycles. The van der Waals surface area contributed by atoms with Crippen molar-refractivity contribution in [2.45, 2.75) is 26.1 Å². The van der Waals surface area contributed by atoms with E-state index in [0.717, 1.165) is 6.04 Å². The zero-order valence-corrected chi connectivity index (χ0v) is 9.85. The predicted octanol–water partition coefficient (Wildman–Crippen LogP) is 1.96. The first-order valence-electron chi connectivity index (χ1n) is 4.27. The summed E-state index contributed by atoms with van der Waals surface area (Å²) in [6.07, 6.45) is 0. The van der Waals surface area contributed by atoms with E-state index in [1.165, 1.54) is 0 Å². The molecule has 4 heteroatoms. The molecule has 0 aliphatic rings. The van der Waals surface area contributed by atoms with Crippen molar-refractivity contribution in [2.75, 3.05) is 13.7 Å². The molecule has 0 fully saturated rings. The lowest BCUT2D eigenvalue weighted by atomic mass is 10.4. The lowest BCUT2D eigenvalue weighted by Crippen LogP contribution is -2.30. The van der Waals surface area contributed by atoms with Gasteiger partial charge in [-0.05, 0) is 20.0 Å². The highest BCUT2D eigenvalue weighted by atomic mass is 28.4. The van der Waals surface area contributed by atoms with E-state index in [0.29, 0.717) is 12.2 Å². The fourth-order valence-electron chi connectivity index (χ4n) is 0.615. The second-order valence-corrected chi connectivity index (χ2v) is 8.06. The summed E-state index contributed by atoms with van der Waals surface area (Å²) in [7, 11) is 0.115. The minimum absolute atomic E-state index is 0.319. The fraction of sp³-hybridized carbons (Fsp3) is 0.667. The first-order chi connectivity index (χ1) is 5.89. The van der Waals surface area contributed by atoms with Gasteiger partial charge in [0.15, 0.2) is 8.32 Å². The van der Waals surface area contributed by atoms with E-state index in [4.69, 9.17) is 9.16 Å². The second-order valence-electron chi connectivity index (χ2n) is 3.63. The van der Waals surface area contributed by atoms with Crippen molar-refractivity contribution in [2.24, 2.45) is 0 Å². The number of ether oxygens (including phenoxy) is 1. The summed E-state index contributed by atoms with van der Waals surface area (Å²) in [5.41, 5.74) is 0.442. The molecule has 0 spiro atoms. The molecule has 0 N–H and O–H groups in total. The Balaban J connectivity index is 3.68. The van der Waals surface area contributed by atoms with Gasteiger partial charge in [0.05, 0.1) is 6.61 Å². The van der Waals surface area contributed by atoms with E-state index >= 15 is 0 Å². The molecule has 0 atom stereocenters. The molecule has 0 heterocycles. The average Bonchev–Trinajstić information content (AvgIpc) is 2.04. The Morgan fingerprint density at radius 1 is 1.46 bits per heavy atom. The van der Waals surface area contributed by atoms with Crippen molar-refractivity contribution in [3.8, 4) is 0 Å². The van der Waals surface area contributed by atoms with E-state index in [1.54, 1.807) is 14.0 Å². The molecule has 0 aliphatic heterocycles. The Morgan fingerprint density at radius 2 is 2.00 bits per heavy atom. The minimum Gasteiger partial charge on any atom is -0.463 e. The van der Waals surface area contributed by atoms with Gasteiger partial charge in [0.25, 0.3) is 0 Å². The highest BCUT2D eigenvalue weighted by Crippen LogP contribution is 2.09. The molecule has 0 saturated heterocycles. The Morgan fingerprint density at radius 3 is 2.38 bits per heavy atom. The summed E-state index contributed by atoms with van der Waals surface area (Å²) >= 11 is 0. The summed E-state index contributed by atoms with van der Waals surface area (Å²) in [6, 6.07) is 0.822. The van der Waals surface area contributed by atoms with Gasteiger partial charge in [0, 0.05) is 18.7 Å². The summed E-state index contributed by atoms with van der Waals surface area (Å²) in [6.45, 7) is 9.74. The summed E-state index contributed by atoms with van der Waals surface area (Å²) in [5, 5.41) is 0. The van der Waals surface area contributed by atoms with Crippen molar-refractivity contribution in [3.63, 3.8) is 0 Å². The van der Waals surface area contributed by atoms with Crippen molar-refractivity contribution in [3.05, 3.63) is 12.2 Å². The maximum absolute atomic E-state index is 11.0. The maximum Gasteiger partial charge on any atom is 0.333 e. The molecule has 0 aromatic heterocycles. The largest absolute Gasteiger partial charge is 0.463 e. The molecule has 0 rings (SSSR count). The number of hydrogen-bond acceptors (Lipinski definition) is 3. The third-order valence-electron chi connectivity index (χ3n) is 1.84. The second kappa shape index (κ2) is 5.19. The van der Waals surface area contributed by atoms with Crippen LogP contribution in [0.25, 0.3) is 0 Å². The van der Waals surface area contributed by atoms with E-state index in [2.05, 4.69) is 19.7 Å². The van der Waals surface area contributed by atoms with Crippen LogP contribution >= 0.6 is 0 Å². The number of carbonyl (C=O) groups is 1. The van der Waals surface area contributed by atoms with Crippen LogP contribution in [0.5, 0.6) is 0 Å². The summed E-state index contributed by atoms with van der Waals surface area (Å²) in [5.74, 6) is -0.319. The monoisotopic (exact) mass is 202 g/mol. The Kier molecular flexibility index (Phi) is 4.94. The number of esters is 1. The van der Waals surface area contributed by atoms with Gasteiger partial charge in [-0.25, -0.2) is 4.79 Å². The molecule has 0 bridgehead atoms. The first-order valence-corrected chi connectivity index (χ1v) is 7.38. The molecule has 0 aliphatic carbocycles. The van der Waals surface area contributed by atoms with Crippen LogP contribution in [0.1, 0.15) is 6.92 Å². The van der Waals surface area contributed by atoms with Crippen molar-refractivity contribution in [1.82, 2.24) is 0 Å².